The summed E-state index contributed by atoms with van der Waals surface area (Å²) >= 11 is 0. The summed E-state index contributed by atoms with van der Waals surface area (Å²) in [4.78, 5) is 14.6. The summed E-state index contributed by atoms with van der Waals surface area (Å²) in [7, 11) is 0. The third-order valence-corrected chi connectivity index (χ3v) is 4.12. The molecule has 1 heterocycles. The zero-order valence-corrected chi connectivity index (χ0v) is 14.3. The SMILES string of the molecule is CCCN(CC#Cc1ccccc1)C(=O)C1CC(C(C)C)NN1. The van der Waals surface area contributed by atoms with E-state index in [4.69, 9.17) is 0 Å². The van der Waals surface area contributed by atoms with Gasteiger partial charge in [0, 0.05) is 18.2 Å². The molecule has 2 rings (SSSR count). The molecule has 0 saturated carbocycles. The van der Waals surface area contributed by atoms with Gasteiger partial charge in [0.1, 0.15) is 6.04 Å². The lowest BCUT2D eigenvalue weighted by Gasteiger charge is -2.23. The van der Waals surface area contributed by atoms with Gasteiger partial charge in [-0.15, -0.1) is 0 Å². The summed E-state index contributed by atoms with van der Waals surface area (Å²) in [6.45, 7) is 7.64. The maximum Gasteiger partial charge on any atom is 0.241 e. The van der Waals surface area contributed by atoms with Crippen molar-refractivity contribution in [3.8, 4) is 11.8 Å². The number of nitrogens with zero attached hydrogens (tertiary/aromatic N) is 1. The normalized spacial score (nSPS) is 20.2. The van der Waals surface area contributed by atoms with Crippen LogP contribution in [0.3, 0.4) is 0 Å². The summed E-state index contributed by atoms with van der Waals surface area (Å²) in [5.41, 5.74) is 7.36. The molecule has 0 aromatic heterocycles. The Morgan fingerprint density at radius 3 is 2.65 bits per heavy atom. The van der Waals surface area contributed by atoms with E-state index in [9.17, 15) is 4.79 Å². The molecule has 1 aromatic carbocycles. The fraction of sp³-hybridized carbons (Fsp3) is 0.526. The number of carbonyl (C=O) groups excluding carboxylic acids is 1. The van der Waals surface area contributed by atoms with Crippen LogP contribution in [0.2, 0.25) is 0 Å². The van der Waals surface area contributed by atoms with Crippen molar-refractivity contribution in [2.45, 2.75) is 45.7 Å². The van der Waals surface area contributed by atoms with E-state index in [1.54, 1.807) is 0 Å². The second-order valence-electron chi connectivity index (χ2n) is 6.36. The molecular weight excluding hydrogens is 286 g/mol. The average Bonchev–Trinajstić information content (AvgIpc) is 3.05. The van der Waals surface area contributed by atoms with Gasteiger partial charge in [-0.05, 0) is 30.9 Å². The largest absolute Gasteiger partial charge is 0.330 e. The van der Waals surface area contributed by atoms with Crippen LogP contribution in [0.5, 0.6) is 0 Å². The smallest absolute Gasteiger partial charge is 0.241 e. The Morgan fingerprint density at radius 2 is 2.04 bits per heavy atom. The molecule has 0 spiro atoms. The van der Waals surface area contributed by atoms with Gasteiger partial charge >= 0.3 is 0 Å². The van der Waals surface area contributed by atoms with E-state index in [-0.39, 0.29) is 11.9 Å². The third kappa shape index (κ3) is 5.09. The molecule has 4 nitrogen and oxygen atoms in total. The second-order valence-corrected chi connectivity index (χ2v) is 6.36. The fourth-order valence-corrected chi connectivity index (χ4v) is 2.70. The topological polar surface area (TPSA) is 44.4 Å². The van der Waals surface area contributed by atoms with E-state index < -0.39 is 0 Å². The molecule has 2 unspecified atom stereocenters. The van der Waals surface area contributed by atoms with E-state index in [2.05, 4.69) is 43.5 Å². The maximum absolute atomic E-state index is 12.7. The first kappa shape index (κ1) is 17.5. The minimum atomic E-state index is -0.146. The van der Waals surface area contributed by atoms with Crippen LogP contribution < -0.4 is 10.9 Å². The number of hydrogen-bond donors (Lipinski definition) is 2. The van der Waals surface area contributed by atoms with E-state index in [1.807, 2.05) is 35.2 Å². The minimum absolute atomic E-state index is 0.143. The Morgan fingerprint density at radius 1 is 1.30 bits per heavy atom. The van der Waals surface area contributed by atoms with Gasteiger partial charge in [-0.2, -0.15) is 0 Å². The van der Waals surface area contributed by atoms with Crippen molar-refractivity contribution in [1.82, 2.24) is 15.8 Å². The van der Waals surface area contributed by atoms with Crippen LogP contribution >= 0.6 is 0 Å². The van der Waals surface area contributed by atoms with Gasteiger partial charge in [0.25, 0.3) is 0 Å². The lowest BCUT2D eigenvalue weighted by Crippen LogP contribution is -2.46. The van der Waals surface area contributed by atoms with Crippen molar-refractivity contribution < 1.29 is 4.79 Å². The Labute approximate surface area is 139 Å². The zero-order valence-electron chi connectivity index (χ0n) is 14.3. The van der Waals surface area contributed by atoms with Crippen molar-refractivity contribution in [3.63, 3.8) is 0 Å². The van der Waals surface area contributed by atoms with Crippen molar-refractivity contribution >= 4 is 5.91 Å². The van der Waals surface area contributed by atoms with E-state index in [1.165, 1.54) is 0 Å². The molecule has 1 aromatic rings. The Hall–Kier alpha value is -1.83. The van der Waals surface area contributed by atoms with Crippen molar-refractivity contribution in [2.24, 2.45) is 5.92 Å². The lowest BCUT2D eigenvalue weighted by molar-refractivity contribution is -0.132. The van der Waals surface area contributed by atoms with Crippen LogP contribution in [-0.2, 0) is 4.79 Å². The van der Waals surface area contributed by atoms with Gasteiger partial charge in [0.05, 0.1) is 6.54 Å². The highest BCUT2D eigenvalue weighted by Crippen LogP contribution is 2.15. The Bertz CT molecular complexity index is 559. The van der Waals surface area contributed by atoms with Crippen LogP contribution in [-0.4, -0.2) is 36.0 Å². The number of rotatable bonds is 5. The van der Waals surface area contributed by atoms with Gasteiger partial charge in [-0.25, -0.2) is 5.43 Å². The van der Waals surface area contributed by atoms with E-state index >= 15 is 0 Å². The summed E-state index contributed by atoms with van der Waals surface area (Å²) in [6, 6.07) is 10.1. The van der Waals surface area contributed by atoms with Crippen molar-refractivity contribution in [1.29, 1.82) is 0 Å². The first-order valence-electron chi connectivity index (χ1n) is 8.45. The van der Waals surface area contributed by atoms with Crippen LogP contribution in [0.15, 0.2) is 30.3 Å². The lowest BCUT2D eigenvalue weighted by atomic mass is 9.99. The number of nitrogens with one attached hydrogen (secondary N) is 2. The number of hydrazine groups is 1. The third-order valence-electron chi connectivity index (χ3n) is 4.12. The first-order chi connectivity index (χ1) is 11.1. The average molecular weight is 313 g/mol. The van der Waals surface area contributed by atoms with Crippen molar-refractivity contribution in [3.05, 3.63) is 35.9 Å². The van der Waals surface area contributed by atoms with Gasteiger partial charge in [0.15, 0.2) is 0 Å². The fourth-order valence-electron chi connectivity index (χ4n) is 2.70. The van der Waals surface area contributed by atoms with Gasteiger partial charge < -0.3 is 4.90 Å². The van der Waals surface area contributed by atoms with Crippen LogP contribution in [0.25, 0.3) is 0 Å². The first-order valence-corrected chi connectivity index (χ1v) is 8.45. The van der Waals surface area contributed by atoms with Gasteiger partial charge in [0.2, 0.25) is 5.91 Å². The minimum Gasteiger partial charge on any atom is -0.330 e. The highest BCUT2D eigenvalue weighted by atomic mass is 16.2. The van der Waals surface area contributed by atoms with Gasteiger partial charge in [-0.1, -0.05) is 50.8 Å². The molecule has 1 aliphatic heterocycles. The Balaban J connectivity index is 1.95. The van der Waals surface area contributed by atoms with Crippen LogP contribution in [0, 0.1) is 17.8 Å². The standard InChI is InChI=1S/C19H27N3O/c1-4-12-22(13-8-11-16-9-6-5-7-10-16)19(23)18-14-17(15(2)3)20-21-18/h5-7,9-10,15,17-18,20-21H,4,12-14H2,1-3H3. The monoisotopic (exact) mass is 313 g/mol. The molecule has 1 saturated heterocycles. The zero-order chi connectivity index (χ0) is 16.7. The maximum atomic E-state index is 12.7. The van der Waals surface area contributed by atoms with E-state index in [0.717, 1.165) is 24.9 Å². The molecule has 0 radical (unpaired) electrons. The molecule has 0 aliphatic carbocycles. The quantitative estimate of drug-likeness (QED) is 0.819. The molecule has 23 heavy (non-hydrogen) atoms. The molecule has 0 bridgehead atoms. The van der Waals surface area contributed by atoms with Crippen LogP contribution in [0.1, 0.15) is 39.2 Å². The molecule has 4 heteroatoms. The van der Waals surface area contributed by atoms with E-state index in [0.29, 0.717) is 18.5 Å². The molecule has 1 amide bonds. The summed E-state index contributed by atoms with van der Waals surface area (Å²) < 4.78 is 0. The summed E-state index contributed by atoms with van der Waals surface area (Å²) in [5.74, 6) is 6.91. The summed E-state index contributed by atoms with van der Waals surface area (Å²) in [6.07, 6.45) is 1.77. The molecular formula is C19H27N3O. The summed E-state index contributed by atoms with van der Waals surface area (Å²) in [5, 5.41) is 0. The number of benzene rings is 1. The molecule has 124 valence electrons. The van der Waals surface area contributed by atoms with Crippen LogP contribution in [0.4, 0.5) is 0 Å². The molecule has 1 fully saturated rings. The predicted octanol–water partition coefficient (Wildman–Crippen LogP) is 2.17. The number of hydrogen-bond acceptors (Lipinski definition) is 3. The predicted molar refractivity (Wildman–Crippen MR) is 93.5 cm³/mol. The second kappa shape index (κ2) is 8.71. The highest BCUT2D eigenvalue weighted by molar-refractivity contribution is 5.82. The van der Waals surface area contributed by atoms with Gasteiger partial charge in [-0.3, -0.25) is 10.2 Å². The van der Waals surface area contributed by atoms with Crippen molar-refractivity contribution in [2.75, 3.05) is 13.1 Å². The number of carbonyl (C=O) groups is 1. The Kier molecular flexibility index (Phi) is 6.64. The highest BCUT2D eigenvalue weighted by Gasteiger charge is 2.32. The molecule has 2 N–H and O–H groups in total. The number of amides is 1. The molecule has 2 atom stereocenters. The molecule has 1 aliphatic rings.